The molecule has 2 N–H and O–H groups in total. The monoisotopic (exact) mass is 402 g/mol. The number of rotatable bonds is 8. The summed E-state index contributed by atoms with van der Waals surface area (Å²) in [6.45, 7) is -0.548. The Labute approximate surface area is 166 Å². The van der Waals surface area contributed by atoms with Crippen LogP contribution in [0, 0.1) is 0 Å². The molecule has 2 aromatic carbocycles. The molecule has 0 radical (unpaired) electrons. The molecule has 8 nitrogen and oxygen atoms in total. The van der Waals surface area contributed by atoms with Gasteiger partial charge in [-0.15, -0.1) is 0 Å². The van der Waals surface area contributed by atoms with E-state index in [9.17, 15) is 9.90 Å². The van der Waals surface area contributed by atoms with Crippen molar-refractivity contribution in [3.63, 3.8) is 0 Å². The quantitative estimate of drug-likeness (QED) is 0.591. The van der Waals surface area contributed by atoms with Crippen molar-refractivity contribution in [3.05, 3.63) is 46.6 Å². The molecule has 0 fully saturated rings. The summed E-state index contributed by atoms with van der Waals surface area (Å²) in [6.07, 6.45) is -1.03. The summed E-state index contributed by atoms with van der Waals surface area (Å²) in [5, 5.41) is 18.7. The zero-order valence-corrected chi connectivity index (χ0v) is 16.3. The zero-order valence-electron chi connectivity index (χ0n) is 16.3. The smallest absolute Gasteiger partial charge is 0.197 e. The highest BCUT2D eigenvalue weighted by Crippen LogP contribution is 2.35. The number of ether oxygens (including phenoxy) is 4. The lowest BCUT2D eigenvalue weighted by Gasteiger charge is -2.13. The molecule has 1 unspecified atom stereocenters. The Kier molecular flexibility index (Phi) is 6.26. The number of fused-ring (bicyclic) bond motifs is 1. The number of aliphatic hydroxyl groups excluding tert-OH is 2. The molecule has 3 rings (SSSR count). The Hall–Kier alpha value is -3.23. The Morgan fingerprint density at radius 2 is 1.69 bits per heavy atom. The van der Waals surface area contributed by atoms with Crippen LogP contribution < -0.4 is 24.4 Å². The normalized spacial score (nSPS) is 11.9. The fraction of sp³-hybridized carbons (Fsp3) is 0.286. The lowest BCUT2D eigenvalue weighted by atomic mass is 10.1. The van der Waals surface area contributed by atoms with Gasteiger partial charge in [0.2, 0.25) is 0 Å². The second kappa shape index (κ2) is 8.85. The van der Waals surface area contributed by atoms with Gasteiger partial charge in [0.1, 0.15) is 40.9 Å². The minimum Gasteiger partial charge on any atom is -0.496 e. The Morgan fingerprint density at radius 3 is 2.34 bits per heavy atom. The van der Waals surface area contributed by atoms with Crippen LogP contribution in [0.25, 0.3) is 22.3 Å². The van der Waals surface area contributed by atoms with E-state index in [0.29, 0.717) is 28.6 Å². The Bertz CT molecular complexity index is 1060. The number of aliphatic hydroxyl groups is 2. The van der Waals surface area contributed by atoms with E-state index in [1.165, 1.54) is 39.5 Å². The van der Waals surface area contributed by atoms with Gasteiger partial charge in [-0.2, -0.15) is 0 Å². The van der Waals surface area contributed by atoms with Crippen LogP contribution in [0.1, 0.15) is 0 Å². The molecule has 0 saturated heterocycles. The van der Waals surface area contributed by atoms with Crippen molar-refractivity contribution in [3.8, 4) is 34.3 Å². The predicted octanol–water partition coefficient (Wildman–Crippen LogP) is 2.22. The average Bonchev–Trinajstić information content (AvgIpc) is 2.75. The molecule has 1 atom stereocenters. The molecule has 0 saturated carbocycles. The molecule has 154 valence electrons. The van der Waals surface area contributed by atoms with E-state index in [1.54, 1.807) is 18.2 Å². The maximum absolute atomic E-state index is 12.7. The topological polar surface area (TPSA) is 108 Å². The van der Waals surface area contributed by atoms with Gasteiger partial charge in [-0.05, 0) is 18.2 Å². The van der Waals surface area contributed by atoms with Gasteiger partial charge in [-0.1, -0.05) is 0 Å². The third kappa shape index (κ3) is 4.28. The van der Waals surface area contributed by atoms with E-state index in [2.05, 4.69) is 0 Å². The van der Waals surface area contributed by atoms with Crippen LogP contribution in [0.5, 0.6) is 23.0 Å². The van der Waals surface area contributed by atoms with Crippen LogP contribution in [-0.2, 0) is 0 Å². The highest BCUT2D eigenvalue weighted by atomic mass is 16.5. The summed E-state index contributed by atoms with van der Waals surface area (Å²) in [4.78, 5) is 12.7. The van der Waals surface area contributed by atoms with Crippen molar-refractivity contribution in [2.24, 2.45) is 0 Å². The van der Waals surface area contributed by atoms with E-state index in [0.717, 1.165) is 0 Å². The van der Waals surface area contributed by atoms with Crippen molar-refractivity contribution in [2.75, 3.05) is 34.5 Å². The highest BCUT2D eigenvalue weighted by Gasteiger charge is 2.16. The number of hydrogen-bond donors (Lipinski definition) is 2. The number of methoxy groups -OCH3 is 3. The van der Waals surface area contributed by atoms with E-state index >= 15 is 0 Å². The second-order valence-corrected chi connectivity index (χ2v) is 6.19. The van der Waals surface area contributed by atoms with Gasteiger partial charge in [0.25, 0.3) is 0 Å². The molecule has 0 aliphatic rings. The highest BCUT2D eigenvalue weighted by molar-refractivity contribution is 5.86. The third-order valence-corrected chi connectivity index (χ3v) is 4.31. The summed E-state index contributed by atoms with van der Waals surface area (Å²) in [7, 11) is 4.49. The fourth-order valence-electron chi connectivity index (χ4n) is 2.85. The largest absolute Gasteiger partial charge is 0.496 e. The van der Waals surface area contributed by atoms with E-state index in [-0.39, 0.29) is 28.8 Å². The predicted molar refractivity (Wildman–Crippen MR) is 106 cm³/mol. The van der Waals surface area contributed by atoms with Crippen LogP contribution in [-0.4, -0.2) is 50.9 Å². The van der Waals surface area contributed by atoms with Crippen LogP contribution in [0.15, 0.2) is 45.6 Å². The molecular weight excluding hydrogens is 380 g/mol. The van der Waals surface area contributed by atoms with Crippen LogP contribution in [0.2, 0.25) is 0 Å². The van der Waals surface area contributed by atoms with Gasteiger partial charge in [0, 0.05) is 23.8 Å². The summed E-state index contributed by atoms with van der Waals surface area (Å²) < 4.78 is 27.3. The molecule has 1 heterocycles. The van der Waals surface area contributed by atoms with Crippen LogP contribution in [0.4, 0.5) is 0 Å². The molecule has 29 heavy (non-hydrogen) atoms. The lowest BCUT2D eigenvalue weighted by molar-refractivity contribution is 0.0535. The summed E-state index contributed by atoms with van der Waals surface area (Å²) in [5.41, 5.74) is 0.604. The molecule has 3 aromatic rings. The summed E-state index contributed by atoms with van der Waals surface area (Å²) in [6, 6.07) is 9.61. The van der Waals surface area contributed by atoms with Gasteiger partial charge >= 0.3 is 0 Å². The molecule has 8 heteroatoms. The van der Waals surface area contributed by atoms with Gasteiger partial charge in [-0.25, -0.2) is 0 Å². The molecule has 0 amide bonds. The Balaban J connectivity index is 2.10. The van der Waals surface area contributed by atoms with Gasteiger partial charge in [-0.3, -0.25) is 4.79 Å². The summed E-state index contributed by atoms with van der Waals surface area (Å²) in [5.74, 6) is 2.00. The first kappa shape index (κ1) is 20.5. The SMILES string of the molecule is COc1ccc(-c2cc(=O)c3c(OC)cc(OCC(O)CO)cc3o2)cc1OC. The van der Waals surface area contributed by atoms with Gasteiger partial charge in [0.05, 0.1) is 27.9 Å². The molecule has 0 bridgehead atoms. The van der Waals surface area contributed by atoms with Crippen molar-refractivity contribution < 1.29 is 33.6 Å². The molecule has 0 aliphatic heterocycles. The van der Waals surface area contributed by atoms with Crippen molar-refractivity contribution in [1.82, 2.24) is 0 Å². The van der Waals surface area contributed by atoms with Crippen molar-refractivity contribution in [2.45, 2.75) is 6.10 Å². The average molecular weight is 402 g/mol. The molecular formula is C21H22O8. The first-order chi connectivity index (χ1) is 14.0. The first-order valence-electron chi connectivity index (χ1n) is 8.80. The Morgan fingerprint density at radius 1 is 0.966 bits per heavy atom. The maximum Gasteiger partial charge on any atom is 0.197 e. The minimum absolute atomic E-state index is 0.120. The molecule has 1 aromatic heterocycles. The number of benzene rings is 2. The number of hydrogen-bond acceptors (Lipinski definition) is 8. The van der Waals surface area contributed by atoms with E-state index in [1.807, 2.05) is 0 Å². The zero-order chi connectivity index (χ0) is 21.0. The minimum atomic E-state index is -1.03. The van der Waals surface area contributed by atoms with Crippen LogP contribution >= 0.6 is 0 Å². The van der Waals surface area contributed by atoms with Gasteiger partial charge < -0.3 is 33.6 Å². The van der Waals surface area contributed by atoms with E-state index < -0.39 is 12.7 Å². The molecule has 0 aliphatic carbocycles. The van der Waals surface area contributed by atoms with E-state index in [4.69, 9.17) is 28.5 Å². The fourth-order valence-corrected chi connectivity index (χ4v) is 2.85. The standard InChI is InChI=1S/C21H22O8/c1-25-16-5-4-12(6-18(16)26-2)17-9-15(24)21-19(27-3)7-14(8-20(21)29-17)28-11-13(23)10-22/h4-9,13,22-23H,10-11H2,1-3H3. The first-order valence-corrected chi connectivity index (χ1v) is 8.80. The van der Waals surface area contributed by atoms with Crippen molar-refractivity contribution >= 4 is 11.0 Å². The maximum atomic E-state index is 12.7. The lowest BCUT2D eigenvalue weighted by Crippen LogP contribution is -2.21. The van der Waals surface area contributed by atoms with Gasteiger partial charge in [0.15, 0.2) is 16.9 Å². The molecule has 0 spiro atoms. The van der Waals surface area contributed by atoms with Crippen LogP contribution in [0.3, 0.4) is 0 Å². The third-order valence-electron chi connectivity index (χ3n) is 4.31. The summed E-state index contributed by atoms with van der Waals surface area (Å²) >= 11 is 0. The van der Waals surface area contributed by atoms with Crippen molar-refractivity contribution in [1.29, 1.82) is 0 Å². The second-order valence-electron chi connectivity index (χ2n) is 6.19.